The van der Waals surface area contributed by atoms with Gasteiger partial charge >= 0.3 is 51.0 Å². The summed E-state index contributed by atoms with van der Waals surface area (Å²) in [6, 6.07) is 6.27. The number of hydrogen-bond donors (Lipinski definition) is 1. The molecule has 3 nitrogen and oxygen atoms in total. The van der Waals surface area contributed by atoms with Crippen molar-refractivity contribution in [2.75, 3.05) is 0 Å². The van der Waals surface area contributed by atoms with Crippen LogP contribution in [0.5, 0.6) is 0 Å². The van der Waals surface area contributed by atoms with Crippen LogP contribution in [-0.2, 0) is 10.1 Å². The van der Waals surface area contributed by atoms with E-state index in [1.807, 2.05) is 0 Å². The van der Waals surface area contributed by atoms with Crippen LogP contribution in [0.1, 0.15) is 6.99 Å². The maximum absolute atomic E-state index is 10.6. The quantitative estimate of drug-likeness (QED) is 0.444. The molecule has 0 amide bonds. The molecule has 0 unspecified atom stereocenters. The van der Waals surface area contributed by atoms with E-state index in [0.717, 1.165) is 0 Å². The van der Waals surface area contributed by atoms with Crippen LogP contribution in [0, 0.1) is 6.92 Å². The Hall–Kier alpha value is -0.0642. The van der Waals surface area contributed by atoms with Gasteiger partial charge in [0.15, 0.2) is 0 Å². The Morgan fingerprint density at radius 2 is 1.44 bits per heavy atom. The molecule has 0 aliphatic rings. The second-order valence-corrected chi connectivity index (χ2v) is 6.95. The van der Waals surface area contributed by atoms with E-state index in [4.69, 9.17) is 4.55 Å². The van der Waals surface area contributed by atoms with Crippen molar-refractivity contribution in [3.63, 3.8) is 0 Å². The molecular weight excluding hydrogens is 341 g/mol. The average Bonchev–Trinajstić information content (AvgIpc) is 1.97. The summed E-state index contributed by atoms with van der Waals surface area (Å²) in [7, 11) is -4.03. The van der Waals surface area contributed by atoms with Gasteiger partial charge in [-0.05, 0) is 18.6 Å². The topological polar surface area (TPSA) is 54.4 Å². The molecule has 0 radical (unpaired) electrons. The molecule has 1 rings (SSSR count). The minimum absolute atomic E-state index is 0. The zero-order valence-electron chi connectivity index (χ0n) is 10.3. The second-order valence-electron chi connectivity index (χ2n) is 2.88. The minimum atomic E-state index is -8.99. The first-order valence-electron chi connectivity index (χ1n) is 3.89. The number of halogens is 5. The fraction of sp³-hybridized carbons (Fsp3) is 0.143. The van der Waals surface area contributed by atoms with Gasteiger partial charge < -0.3 is 1.43 Å². The molecule has 0 saturated carbocycles. The van der Waals surface area contributed by atoms with Crippen LogP contribution in [0.25, 0.3) is 0 Å². The summed E-state index contributed by atoms with van der Waals surface area (Å²) in [5.74, 6) is 0. The van der Waals surface area contributed by atoms with E-state index in [1.165, 1.54) is 6.07 Å². The Morgan fingerprint density at radius 1 is 1.11 bits per heavy atom. The Bertz CT molecular complexity index is 488. The third-order valence-corrected chi connectivity index (χ3v) is 2.39. The predicted octanol–water partition coefficient (Wildman–Crippen LogP) is 0.0784. The van der Waals surface area contributed by atoms with E-state index < -0.39 is 24.9 Å². The number of benzene rings is 1. The summed E-state index contributed by atoms with van der Waals surface area (Å²) < 4.78 is 79.3. The molecule has 0 heterocycles. The van der Waals surface area contributed by atoms with Crippen LogP contribution in [0.15, 0.2) is 29.2 Å². The molecule has 1 aromatic rings. The van der Waals surface area contributed by atoms with Gasteiger partial charge in [0.2, 0.25) is 0 Å². The van der Waals surface area contributed by atoms with Crippen molar-refractivity contribution in [2.24, 2.45) is 0 Å². The van der Waals surface area contributed by atoms with Crippen molar-refractivity contribution in [3.8, 4) is 0 Å². The molecule has 0 aliphatic heterocycles. The largest absolute Gasteiger partial charge is 1.00 e. The van der Waals surface area contributed by atoms with Crippen LogP contribution in [-0.4, -0.2) is 27.8 Å². The Labute approximate surface area is 117 Å². The van der Waals surface area contributed by atoms with Crippen LogP contribution in [0.4, 0.5) is 17.3 Å². The minimum Gasteiger partial charge on any atom is -1.00 e. The van der Waals surface area contributed by atoms with Crippen molar-refractivity contribution in [2.45, 2.75) is 11.8 Å². The van der Waals surface area contributed by atoms with Crippen LogP contribution in [0.3, 0.4) is 0 Å². The van der Waals surface area contributed by atoms with E-state index in [2.05, 4.69) is 0 Å². The third kappa shape index (κ3) is 12.4. The van der Waals surface area contributed by atoms with Gasteiger partial charge in [0, 0.05) is 0 Å². The van der Waals surface area contributed by atoms with Crippen LogP contribution in [0.2, 0.25) is 0 Å². The summed E-state index contributed by atoms with van der Waals surface area (Å²) in [5.41, 5.74) is 0.551. The Morgan fingerprint density at radius 3 is 1.67 bits per heavy atom. The van der Waals surface area contributed by atoms with Crippen molar-refractivity contribution >= 4 is 24.9 Å². The van der Waals surface area contributed by atoms with Crippen molar-refractivity contribution in [1.29, 1.82) is 0 Å². The Balaban J connectivity index is -0.000000282. The van der Waals surface area contributed by atoms with Crippen LogP contribution >= 0.6 is 0 Å². The molecule has 0 bridgehead atoms. The molecular formula is C7H9AsF5LiO3S. The maximum atomic E-state index is 10.6. The molecule has 0 aromatic heterocycles. The average molecular weight is 350 g/mol. The smallest absolute Gasteiger partial charge is 1.00 e. The summed E-state index contributed by atoms with van der Waals surface area (Å²) in [4.78, 5) is -0.0278. The molecule has 0 fully saturated rings. The van der Waals surface area contributed by atoms with Crippen LogP contribution < -0.4 is 18.9 Å². The van der Waals surface area contributed by atoms with E-state index in [0.29, 0.717) is 5.56 Å². The third-order valence-electron chi connectivity index (χ3n) is 1.37. The van der Waals surface area contributed by atoms with Gasteiger partial charge in [-0.25, -0.2) is 0 Å². The SMILES string of the molecule is Cc1ccccc1S(=O)(=O)O.F[As](F)(F)(F)F.[H-].[Li+]. The van der Waals surface area contributed by atoms with Gasteiger partial charge in [0.1, 0.15) is 0 Å². The zero-order valence-corrected chi connectivity index (χ0v) is 12.0. The molecule has 18 heavy (non-hydrogen) atoms. The number of aryl methyl sites for hydroxylation is 1. The van der Waals surface area contributed by atoms with Gasteiger partial charge in [0.05, 0.1) is 4.90 Å². The first-order valence-corrected chi connectivity index (χ1v) is 8.88. The zero-order chi connectivity index (χ0) is 13.9. The first-order chi connectivity index (χ1) is 7.25. The molecule has 11 heteroatoms. The van der Waals surface area contributed by atoms with E-state index in [1.54, 1.807) is 25.1 Å². The summed E-state index contributed by atoms with van der Waals surface area (Å²) >= 11 is -8.99. The molecule has 1 N–H and O–H groups in total. The van der Waals surface area contributed by atoms with E-state index >= 15 is 0 Å². The molecule has 1 aromatic carbocycles. The maximum Gasteiger partial charge on any atom is 1.00 e. The monoisotopic (exact) mass is 350 g/mol. The van der Waals surface area contributed by atoms with Gasteiger partial charge in [-0.2, -0.15) is 8.42 Å². The van der Waals surface area contributed by atoms with Gasteiger partial charge in [-0.3, -0.25) is 4.55 Å². The van der Waals surface area contributed by atoms with Gasteiger partial charge in [-0.15, -0.1) is 0 Å². The second kappa shape index (κ2) is 6.39. The molecule has 0 saturated heterocycles. The first kappa shape index (κ1) is 20.3. The summed E-state index contributed by atoms with van der Waals surface area (Å²) in [6.45, 7) is 1.63. The predicted molar refractivity (Wildman–Crippen MR) is 53.4 cm³/mol. The standard InChI is InChI=1S/C7H8O3S.AsF5.Li.H/c1-6-4-2-3-5-7(6)11(8,9)10;2-1(3,4,5)6;;/h2-5H,1H3,(H,8,9,10);;;/q;;+1;-1. The molecule has 102 valence electrons. The molecule has 0 aliphatic carbocycles. The summed E-state index contributed by atoms with van der Waals surface area (Å²) in [5, 5.41) is 0. The fourth-order valence-corrected chi connectivity index (χ4v) is 1.57. The number of rotatable bonds is 1. The molecule has 0 spiro atoms. The van der Waals surface area contributed by atoms with E-state index in [9.17, 15) is 25.8 Å². The normalized spacial score (nSPS) is 13.4. The fourth-order valence-electron chi connectivity index (χ4n) is 0.846. The number of hydrogen-bond acceptors (Lipinski definition) is 2. The van der Waals surface area contributed by atoms with Gasteiger partial charge in [0.25, 0.3) is 10.1 Å². The van der Waals surface area contributed by atoms with Crippen molar-refractivity contribution in [1.82, 2.24) is 0 Å². The van der Waals surface area contributed by atoms with Crippen molar-refractivity contribution < 1.29 is 50.6 Å². The summed E-state index contributed by atoms with van der Waals surface area (Å²) in [6.07, 6.45) is 0. The van der Waals surface area contributed by atoms with E-state index in [-0.39, 0.29) is 25.2 Å². The Kier molecular flexibility index (Phi) is 7.20. The van der Waals surface area contributed by atoms with Crippen molar-refractivity contribution in [3.05, 3.63) is 29.8 Å². The molecule has 0 atom stereocenters. The van der Waals surface area contributed by atoms with Gasteiger partial charge in [-0.1, -0.05) is 18.2 Å².